The van der Waals surface area contributed by atoms with Crippen molar-refractivity contribution >= 4 is 15.9 Å². The number of halogens is 4. The highest BCUT2D eigenvalue weighted by atomic mass is 79.9. The lowest BCUT2D eigenvalue weighted by atomic mass is 10.3. The van der Waals surface area contributed by atoms with Crippen molar-refractivity contribution in [2.45, 2.75) is 13.1 Å². The van der Waals surface area contributed by atoms with Crippen LogP contribution in [0.3, 0.4) is 0 Å². The summed E-state index contributed by atoms with van der Waals surface area (Å²) in [5, 5.41) is 3.61. The van der Waals surface area contributed by atoms with Crippen molar-refractivity contribution in [1.82, 2.24) is 9.78 Å². The third-order valence-corrected chi connectivity index (χ3v) is 3.08. The summed E-state index contributed by atoms with van der Waals surface area (Å²) in [5.74, 6) is -0.257. The predicted molar refractivity (Wildman–Crippen MR) is 67.6 cm³/mol. The van der Waals surface area contributed by atoms with Crippen LogP contribution in [0.1, 0.15) is 11.4 Å². The van der Waals surface area contributed by atoms with Crippen LogP contribution in [0.5, 0.6) is 5.75 Å². The number of alkyl halides is 3. The molecule has 19 heavy (non-hydrogen) atoms. The number of hydrogen-bond donors (Lipinski definition) is 0. The van der Waals surface area contributed by atoms with Crippen LogP contribution in [0, 0.1) is 6.92 Å². The molecule has 2 rings (SSSR count). The molecule has 0 spiro atoms. The van der Waals surface area contributed by atoms with Crippen LogP contribution in [-0.4, -0.2) is 16.9 Å². The first-order chi connectivity index (χ1) is 8.84. The molecule has 2 aromatic rings. The Morgan fingerprint density at radius 1 is 1.32 bits per heavy atom. The summed E-state index contributed by atoms with van der Waals surface area (Å²) in [6.07, 6.45) is -4.55. The zero-order chi connectivity index (χ0) is 14.2. The molecule has 0 radical (unpaired) electrons. The number of benzene rings is 1. The molecule has 3 nitrogen and oxygen atoms in total. The highest BCUT2D eigenvalue weighted by molar-refractivity contribution is 9.10. The van der Waals surface area contributed by atoms with Crippen LogP contribution in [0.25, 0.3) is 5.69 Å². The van der Waals surface area contributed by atoms with E-state index in [9.17, 15) is 13.2 Å². The maximum absolute atomic E-state index is 12.9. The number of rotatable bonds is 2. The van der Waals surface area contributed by atoms with E-state index in [1.165, 1.54) is 18.7 Å². The molecule has 0 saturated heterocycles. The van der Waals surface area contributed by atoms with Crippen molar-refractivity contribution in [2.24, 2.45) is 0 Å². The van der Waals surface area contributed by atoms with Gasteiger partial charge >= 0.3 is 6.18 Å². The van der Waals surface area contributed by atoms with E-state index in [0.717, 1.165) is 4.47 Å². The fraction of sp³-hybridized carbons (Fsp3) is 0.250. The molecule has 0 aliphatic rings. The van der Waals surface area contributed by atoms with Gasteiger partial charge < -0.3 is 4.74 Å². The maximum atomic E-state index is 12.9. The average Bonchev–Trinajstić information content (AvgIpc) is 2.66. The standard InChI is InChI=1S/C12H10BrF3N2O/c1-7-10(19-2)11(12(14,15)16)17-18(7)9-5-3-4-8(13)6-9/h3-6H,1-2H3. The van der Waals surface area contributed by atoms with Crippen LogP contribution in [0.15, 0.2) is 28.7 Å². The van der Waals surface area contributed by atoms with Crippen LogP contribution in [0.4, 0.5) is 13.2 Å². The Labute approximate surface area is 116 Å². The van der Waals surface area contributed by atoms with Crippen molar-refractivity contribution < 1.29 is 17.9 Å². The van der Waals surface area contributed by atoms with Crippen LogP contribution < -0.4 is 4.74 Å². The summed E-state index contributed by atoms with van der Waals surface area (Å²) in [5.41, 5.74) is -0.193. The van der Waals surface area contributed by atoms with Crippen molar-refractivity contribution in [3.05, 3.63) is 40.1 Å². The van der Waals surface area contributed by atoms with Gasteiger partial charge in [-0.25, -0.2) is 4.68 Å². The number of hydrogen-bond acceptors (Lipinski definition) is 2. The number of nitrogens with zero attached hydrogens (tertiary/aromatic N) is 2. The highest BCUT2D eigenvalue weighted by Crippen LogP contribution is 2.38. The lowest BCUT2D eigenvalue weighted by Crippen LogP contribution is -2.08. The summed E-state index contributed by atoms with van der Waals surface area (Å²) in [7, 11) is 1.20. The van der Waals surface area contributed by atoms with E-state index in [2.05, 4.69) is 21.0 Å². The first-order valence-corrected chi connectivity index (χ1v) is 6.10. The largest absolute Gasteiger partial charge is 0.493 e. The molecule has 0 N–H and O–H groups in total. The second-order valence-corrected chi connectivity index (χ2v) is 4.77. The topological polar surface area (TPSA) is 27.1 Å². The Morgan fingerprint density at radius 2 is 2.00 bits per heavy atom. The van der Waals surface area contributed by atoms with Crippen molar-refractivity contribution in [1.29, 1.82) is 0 Å². The fourth-order valence-electron chi connectivity index (χ4n) is 1.78. The van der Waals surface area contributed by atoms with Crippen LogP contribution in [0.2, 0.25) is 0 Å². The van der Waals surface area contributed by atoms with Crippen LogP contribution in [-0.2, 0) is 6.18 Å². The summed E-state index contributed by atoms with van der Waals surface area (Å²) in [4.78, 5) is 0. The Kier molecular flexibility index (Phi) is 3.58. The Bertz CT molecular complexity index is 608. The van der Waals surface area contributed by atoms with Gasteiger partial charge in [-0.2, -0.15) is 18.3 Å². The molecule has 0 unspecified atom stereocenters. The number of ether oxygens (including phenoxy) is 1. The van der Waals surface area contributed by atoms with E-state index < -0.39 is 11.9 Å². The molecule has 7 heteroatoms. The van der Waals surface area contributed by atoms with Crippen LogP contribution >= 0.6 is 15.9 Å². The SMILES string of the molecule is COc1c(C(F)(F)F)nn(-c2cccc(Br)c2)c1C. The molecular weight excluding hydrogens is 325 g/mol. The van der Waals surface area contributed by atoms with Gasteiger partial charge in [0.2, 0.25) is 5.69 Å². The minimum absolute atomic E-state index is 0.257. The van der Waals surface area contributed by atoms with Gasteiger partial charge in [0.1, 0.15) is 0 Å². The summed E-state index contributed by atoms with van der Waals surface area (Å²) >= 11 is 3.27. The van der Waals surface area contributed by atoms with E-state index in [4.69, 9.17) is 4.74 Å². The molecule has 0 aliphatic heterocycles. The van der Waals surface area contributed by atoms with Gasteiger partial charge in [0.25, 0.3) is 0 Å². The Hall–Kier alpha value is -1.50. The van der Waals surface area contributed by atoms with E-state index in [1.807, 2.05) is 0 Å². The zero-order valence-corrected chi connectivity index (χ0v) is 11.7. The average molecular weight is 335 g/mol. The molecule has 0 aliphatic carbocycles. The normalized spacial score (nSPS) is 11.7. The lowest BCUT2D eigenvalue weighted by Gasteiger charge is -2.05. The minimum Gasteiger partial charge on any atom is -0.493 e. The van der Waals surface area contributed by atoms with Gasteiger partial charge in [-0.1, -0.05) is 22.0 Å². The molecule has 1 aromatic carbocycles. The van der Waals surface area contributed by atoms with Gasteiger partial charge in [0.05, 0.1) is 18.5 Å². The minimum atomic E-state index is -4.55. The summed E-state index contributed by atoms with van der Waals surface area (Å²) < 4.78 is 45.4. The molecule has 1 aromatic heterocycles. The Morgan fingerprint density at radius 3 is 2.47 bits per heavy atom. The van der Waals surface area contributed by atoms with Gasteiger partial charge in [-0.3, -0.25) is 0 Å². The van der Waals surface area contributed by atoms with Gasteiger partial charge in [0.15, 0.2) is 5.75 Å². The first kappa shape index (κ1) is 13.9. The molecular formula is C12H10BrF3N2O. The molecule has 0 bridgehead atoms. The number of methoxy groups -OCH3 is 1. The van der Waals surface area contributed by atoms with Gasteiger partial charge in [-0.05, 0) is 25.1 Å². The molecule has 102 valence electrons. The van der Waals surface area contributed by atoms with E-state index in [1.54, 1.807) is 24.3 Å². The van der Waals surface area contributed by atoms with E-state index >= 15 is 0 Å². The summed E-state index contributed by atoms with van der Waals surface area (Å²) in [6, 6.07) is 6.86. The number of aromatic nitrogens is 2. The van der Waals surface area contributed by atoms with Crippen molar-refractivity contribution in [3.63, 3.8) is 0 Å². The quantitative estimate of drug-likeness (QED) is 0.830. The van der Waals surface area contributed by atoms with E-state index in [0.29, 0.717) is 11.4 Å². The summed E-state index contributed by atoms with van der Waals surface area (Å²) in [6.45, 7) is 1.53. The molecule has 0 atom stereocenters. The molecule has 1 heterocycles. The second-order valence-electron chi connectivity index (χ2n) is 3.86. The molecule has 0 saturated carbocycles. The fourth-order valence-corrected chi connectivity index (χ4v) is 2.16. The maximum Gasteiger partial charge on any atom is 0.438 e. The monoisotopic (exact) mass is 334 g/mol. The highest BCUT2D eigenvalue weighted by Gasteiger charge is 2.39. The Balaban J connectivity index is 2.63. The van der Waals surface area contributed by atoms with Gasteiger partial charge in [0, 0.05) is 4.47 Å². The van der Waals surface area contributed by atoms with E-state index in [-0.39, 0.29) is 5.75 Å². The third-order valence-electron chi connectivity index (χ3n) is 2.59. The lowest BCUT2D eigenvalue weighted by molar-refractivity contribution is -0.142. The second kappa shape index (κ2) is 4.88. The molecule has 0 fully saturated rings. The van der Waals surface area contributed by atoms with Gasteiger partial charge in [-0.15, -0.1) is 0 Å². The third kappa shape index (κ3) is 2.60. The predicted octanol–water partition coefficient (Wildman–Crippen LogP) is 3.97. The first-order valence-electron chi connectivity index (χ1n) is 5.31. The molecule has 0 amide bonds. The van der Waals surface area contributed by atoms with Crippen molar-refractivity contribution in [3.8, 4) is 11.4 Å². The smallest absolute Gasteiger partial charge is 0.438 e. The van der Waals surface area contributed by atoms with Crippen molar-refractivity contribution in [2.75, 3.05) is 7.11 Å². The zero-order valence-electron chi connectivity index (χ0n) is 10.1.